The van der Waals surface area contributed by atoms with Crippen molar-refractivity contribution in [3.8, 4) is 17.2 Å². The number of carbonyl (C=O) groups excluding carboxylic acids is 1. The molecule has 0 aromatic heterocycles. The number of benzene rings is 2. The summed E-state index contributed by atoms with van der Waals surface area (Å²) < 4.78 is 11.3. The van der Waals surface area contributed by atoms with Crippen molar-refractivity contribution in [3.63, 3.8) is 0 Å². The zero-order valence-electron chi connectivity index (χ0n) is 18.5. The van der Waals surface area contributed by atoms with Crippen molar-refractivity contribution in [1.82, 2.24) is 15.8 Å². The van der Waals surface area contributed by atoms with Gasteiger partial charge in [0.15, 0.2) is 11.5 Å². The highest BCUT2D eigenvalue weighted by molar-refractivity contribution is 5.86. The lowest BCUT2D eigenvalue weighted by atomic mass is 9.82. The van der Waals surface area contributed by atoms with Gasteiger partial charge >= 0.3 is 0 Å². The van der Waals surface area contributed by atoms with E-state index < -0.39 is 0 Å². The number of aryl methyl sites for hydroxylation is 1. The third-order valence-corrected chi connectivity index (χ3v) is 6.23. The maximum Gasteiger partial charge on any atom is 0.242 e. The van der Waals surface area contributed by atoms with Crippen molar-refractivity contribution < 1.29 is 19.4 Å². The Bertz CT molecular complexity index is 964. The SMILES string of the molecule is CCCN1C(=O)C2NNC(c3cc(C)ccc3O)C2C1c1ccc(OCC)c(OC)c1. The number of fused-ring (bicyclic) bond motifs is 1. The highest BCUT2D eigenvalue weighted by Gasteiger charge is 2.55. The molecule has 7 heteroatoms. The summed E-state index contributed by atoms with van der Waals surface area (Å²) in [6, 6.07) is 10.8. The molecular formula is C24H31N3O4. The van der Waals surface area contributed by atoms with Gasteiger partial charge in [0.2, 0.25) is 5.91 Å². The van der Waals surface area contributed by atoms with E-state index in [-0.39, 0.29) is 35.7 Å². The number of hydrogen-bond donors (Lipinski definition) is 3. The van der Waals surface area contributed by atoms with Crippen LogP contribution < -0.4 is 20.3 Å². The largest absolute Gasteiger partial charge is 0.508 e. The molecule has 0 saturated carbocycles. The van der Waals surface area contributed by atoms with E-state index in [2.05, 4.69) is 17.8 Å². The van der Waals surface area contributed by atoms with Gasteiger partial charge in [-0.05, 0) is 44.0 Å². The minimum Gasteiger partial charge on any atom is -0.508 e. The van der Waals surface area contributed by atoms with Crippen molar-refractivity contribution >= 4 is 5.91 Å². The second kappa shape index (κ2) is 8.77. The van der Waals surface area contributed by atoms with Crippen LogP contribution in [-0.4, -0.2) is 42.2 Å². The van der Waals surface area contributed by atoms with Gasteiger partial charge < -0.3 is 19.5 Å². The molecule has 0 bridgehead atoms. The number of aromatic hydroxyl groups is 1. The quantitative estimate of drug-likeness (QED) is 0.632. The van der Waals surface area contributed by atoms with Crippen LogP contribution in [0.4, 0.5) is 0 Å². The van der Waals surface area contributed by atoms with Crippen LogP contribution in [0, 0.1) is 12.8 Å². The van der Waals surface area contributed by atoms with E-state index in [4.69, 9.17) is 9.47 Å². The summed E-state index contributed by atoms with van der Waals surface area (Å²) in [6.07, 6.45) is 0.865. The number of nitrogens with zero attached hydrogens (tertiary/aromatic N) is 1. The van der Waals surface area contributed by atoms with Gasteiger partial charge in [0, 0.05) is 18.0 Å². The summed E-state index contributed by atoms with van der Waals surface area (Å²) in [5, 5.41) is 10.6. The average Bonchev–Trinajstić information content (AvgIpc) is 3.30. The zero-order valence-corrected chi connectivity index (χ0v) is 18.5. The lowest BCUT2D eigenvalue weighted by molar-refractivity contribution is -0.130. The normalized spacial score (nSPS) is 25.0. The Morgan fingerprint density at radius 3 is 2.55 bits per heavy atom. The van der Waals surface area contributed by atoms with Gasteiger partial charge in [-0.2, -0.15) is 0 Å². The molecule has 0 aliphatic carbocycles. The van der Waals surface area contributed by atoms with Crippen LogP contribution in [0.1, 0.15) is 49.0 Å². The number of amides is 1. The first-order valence-corrected chi connectivity index (χ1v) is 10.9. The molecule has 2 heterocycles. The summed E-state index contributed by atoms with van der Waals surface area (Å²) in [5.41, 5.74) is 9.35. The summed E-state index contributed by atoms with van der Waals surface area (Å²) in [4.78, 5) is 15.3. The van der Waals surface area contributed by atoms with Crippen molar-refractivity contribution in [3.05, 3.63) is 53.1 Å². The molecule has 31 heavy (non-hydrogen) atoms. The molecule has 7 nitrogen and oxygen atoms in total. The first kappa shape index (κ1) is 21.5. The van der Waals surface area contributed by atoms with Crippen LogP contribution in [0.2, 0.25) is 0 Å². The van der Waals surface area contributed by atoms with E-state index in [1.165, 1.54) is 0 Å². The van der Waals surface area contributed by atoms with Gasteiger partial charge in [0.1, 0.15) is 11.8 Å². The van der Waals surface area contributed by atoms with E-state index in [0.717, 1.165) is 23.1 Å². The van der Waals surface area contributed by atoms with Crippen LogP contribution >= 0.6 is 0 Å². The summed E-state index contributed by atoms with van der Waals surface area (Å²) in [6.45, 7) is 7.23. The van der Waals surface area contributed by atoms with Crippen molar-refractivity contribution in [2.24, 2.45) is 5.92 Å². The summed E-state index contributed by atoms with van der Waals surface area (Å²) >= 11 is 0. The number of phenols is 1. The average molecular weight is 426 g/mol. The second-order valence-electron chi connectivity index (χ2n) is 8.20. The Kier molecular flexibility index (Phi) is 6.07. The number of hydrogen-bond acceptors (Lipinski definition) is 6. The molecule has 1 amide bonds. The maximum absolute atomic E-state index is 13.3. The predicted molar refractivity (Wildman–Crippen MR) is 118 cm³/mol. The molecule has 2 fully saturated rings. The first-order chi connectivity index (χ1) is 15.0. The van der Waals surface area contributed by atoms with Gasteiger partial charge in [-0.25, -0.2) is 10.9 Å². The fourth-order valence-corrected chi connectivity index (χ4v) is 4.92. The molecule has 2 aliphatic heterocycles. The van der Waals surface area contributed by atoms with Crippen LogP contribution in [0.5, 0.6) is 17.2 Å². The molecule has 4 unspecified atom stereocenters. The Morgan fingerprint density at radius 2 is 1.84 bits per heavy atom. The predicted octanol–water partition coefficient (Wildman–Crippen LogP) is 3.24. The first-order valence-electron chi connectivity index (χ1n) is 10.9. The third kappa shape index (κ3) is 3.72. The Labute approximate surface area is 183 Å². The van der Waals surface area contributed by atoms with Gasteiger partial charge in [0.05, 0.1) is 25.8 Å². The molecule has 3 N–H and O–H groups in total. The minimum absolute atomic E-state index is 0.0758. The van der Waals surface area contributed by atoms with E-state index in [1.807, 2.05) is 49.1 Å². The van der Waals surface area contributed by atoms with Crippen LogP contribution in [-0.2, 0) is 4.79 Å². The molecule has 2 aliphatic rings. The molecule has 0 spiro atoms. The van der Waals surface area contributed by atoms with E-state index in [1.54, 1.807) is 13.2 Å². The van der Waals surface area contributed by atoms with E-state index in [9.17, 15) is 9.90 Å². The van der Waals surface area contributed by atoms with Crippen LogP contribution in [0.25, 0.3) is 0 Å². The smallest absolute Gasteiger partial charge is 0.242 e. The Hall–Kier alpha value is -2.77. The van der Waals surface area contributed by atoms with Crippen molar-refractivity contribution in [2.75, 3.05) is 20.3 Å². The topological polar surface area (TPSA) is 83.1 Å². The Balaban J connectivity index is 1.79. The molecule has 166 valence electrons. The third-order valence-electron chi connectivity index (χ3n) is 6.23. The monoisotopic (exact) mass is 425 g/mol. The molecule has 2 aromatic carbocycles. The molecule has 4 rings (SSSR count). The van der Waals surface area contributed by atoms with Crippen molar-refractivity contribution in [2.45, 2.75) is 45.3 Å². The number of methoxy groups -OCH3 is 1. The number of carbonyl (C=O) groups is 1. The van der Waals surface area contributed by atoms with Crippen LogP contribution in [0.15, 0.2) is 36.4 Å². The summed E-state index contributed by atoms with van der Waals surface area (Å²) in [7, 11) is 1.63. The van der Waals surface area contributed by atoms with E-state index in [0.29, 0.717) is 24.7 Å². The lowest BCUT2D eigenvalue weighted by Gasteiger charge is -2.31. The standard InChI is InChI=1S/C24H31N3O4/c1-5-11-27-23(15-8-10-18(31-6-2)19(13-15)30-4)20-21(25-26-22(20)24(27)29)16-12-14(3)7-9-17(16)28/h7-10,12-13,20-23,25-26,28H,5-6,11H2,1-4H3. The zero-order chi connectivity index (χ0) is 22.1. The number of likely N-dealkylation sites (tertiary alicyclic amines) is 1. The maximum atomic E-state index is 13.3. The van der Waals surface area contributed by atoms with E-state index >= 15 is 0 Å². The molecule has 0 radical (unpaired) electrons. The number of rotatable bonds is 7. The minimum atomic E-state index is -0.362. The van der Waals surface area contributed by atoms with Gasteiger partial charge in [-0.15, -0.1) is 0 Å². The van der Waals surface area contributed by atoms with Gasteiger partial charge in [0.25, 0.3) is 0 Å². The lowest BCUT2D eigenvalue weighted by Crippen LogP contribution is -2.41. The number of ether oxygens (including phenoxy) is 2. The second-order valence-corrected chi connectivity index (χ2v) is 8.20. The number of nitrogens with one attached hydrogen (secondary N) is 2. The molecule has 4 atom stereocenters. The highest BCUT2D eigenvalue weighted by atomic mass is 16.5. The molecule has 2 aromatic rings. The van der Waals surface area contributed by atoms with Gasteiger partial charge in [-0.3, -0.25) is 4.79 Å². The van der Waals surface area contributed by atoms with Crippen molar-refractivity contribution in [1.29, 1.82) is 0 Å². The Morgan fingerprint density at radius 1 is 1.06 bits per heavy atom. The number of phenolic OH excluding ortho intramolecular Hbond substituents is 1. The van der Waals surface area contributed by atoms with Gasteiger partial charge in [-0.1, -0.05) is 30.7 Å². The summed E-state index contributed by atoms with van der Waals surface area (Å²) in [5.74, 6) is 1.56. The molecule has 2 saturated heterocycles. The fourth-order valence-electron chi connectivity index (χ4n) is 4.92. The fraction of sp³-hybridized carbons (Fsp3) is 0.458. The number of hydrazine groups is 1. The molecular weight excluding hydrogens is 394 g/mol. The van der Waals surface area contributed by atoms with Crippen LogP contribution in [0.3, 0.4) is 0 Å². The highest BCUT2D eigenvalue weighted by Crippen LogP contribution is 2.49.